The van der Waals surface area contributed by atoms with Gasteiger partial charge in [-0.3, -0.25) is 0 Å². The highest BCUT2D eigenvalue weighted by atomic mass is 16.3. The van der Waals surface area contributed by atoms with Gasteiger partial charge >= 0.3 is 0 Å². The van der Waals surface area contributed by atoms with Crippen molar-refractivity contribution in [1.82, 2.24) is 19.5 Å². The molecule has 11 rings (SSSR count). The molecular weight excluding hydrogens is 649 g/mol. The van der Waals surface area contributed by atoms with E-state index < -0.39 is 18.1 Å². The quantitative estimate of drug-likeness (QED) is 0.185. The zero-order valence-electron chi connectivity index (χ0n) is 33.8. The standard InChI is InChI=1S/C48H32N4O/c1-48(2)35-20-11-9-18-32(35)42-36(48)26-27-39-44(42)33-19-10-12-21-37(33)52(39)38-22-13-23-40-43(38)34-25-24-31(28-41(34)53-40)47-50-45(29-14-5-3-6-15-29)49-46(51-47)30-16-7-4-8-17-30/h3-28H,1-2H3/i3D,5D,6D,14D,15D. The molecule has 0 spiro atoms. The molecule has 0 atom stereocenters. The number of aromatic nitrogens is 4. The van der Waals surface area contributed by atoms with E-state index in [4.69, 9.17) is 21.2 Å². The van der Waals surface area contributed by atoms with Crippen molar-refractivity contribution in [2.45, 2.75) is 19.3 Å². The number of fused-ring (bicyclic) bond motifs is 10. The van der Waals surface area contributed by atoms with E-state index in [2.05, 4.69) is 90.1 Å². The Morgan fingerprint density at radius 3 is 2.13 bits per heavy atom. The second-order valence-corrected chi connectivity index (χ2v) is 14.0. The largest absolute Gasteiger partial charge is 0.456 e. The normalized spacial score (nSPS) is 14.6. The molecule has 1 aliphatic carbocycles. The van der Waals surface area contributed by atoms with Crippen LogP contribution in [0.5, 0.6) is 0 Å². The van der Waals surface area contributed by atoms with Crippen LogP contribution in [-0.2, 0) is 5.41 Å². The van der Waals surface area contributed by atoms with Crippen molar-refractivity contribution in [2.75, 3.05) is 0 Å². The van der Waals surface area contributed by atoms with E-state index in [1.165, 1.54) is 33.0 Å². The van der Waals surface area contributed by atoms with Gasteiger partial charge in [0, 0.05) is 38.3 Å². The molecule has 0 fully saturated rings. The second-order valence-electron chi connectivity index (χ2n) is 14.0. The monoisotopic (exact) mass is 685 g/mol. The summed E-state index contributed by atoms with van der Waals surface area (Å²) in [5.41, 5.74) is 10.9. The van der Waals surface area contributed by atoms with Crippen molar-refractivity contribution in [3.05, 3.63) is 169 Å². The number of benzene rings is 7. The fraction of sp³-hybridized carbons (Fsp3) is 0.0625. The molecule has 0 aliphatic heterocycles. The van der Waals surface area contributed by atoms with E-state index in [1.54, 1.807) is 0 Å². The van der Waals surface area contributed by atoms with Gasteiger partial charge in [-0.15, -0.1) is 0 Å². The number of hydrogen-bond acceptors (Lipinski definition) is 4. The number of hydrogen-bond donors (Lipinski definition) is 0. The molecule has 3 heterocycles. The lowest BCUT2D eigenvalue weighted by molar-refractivity contribution is 0.661. The summed E-state index contributed by atoms with van der Waals surface area (Å²) in [5.74, 6) is 0.567. The van der Waals surface area contributed by atoms with Crippen LogP contribution in [0, 0.1) is 0 Å². The van der Waals surface area contributed by atoms with Gasteiger partial charge in [-0.25, -0.2) is 15.0 Å². The average molecular weight is 686 g/mol. The van der Waals surface area contributed by atoms with E-state index in [0.29, 0.717) is 22.5 Å². The SMILES string of the molecule is [2H]c1c([2H])c([2H])c(-c2nc(-c3ccccc3)nc(-c3ccc4c(c3)oc3cccc(-n5c6ccccc6c6c7c(ccc65)C(C)(C)c5ccccc5-7)c34)n2)c([2H])c1[2H]. The summed E-state index contributed by atoms with van der Waals surface area (Å²) in [5, 5.41) is 4.30. The number of rotatable bonds is 4. The highest BCUT2D eigenvalue weighted by molar-refractivity contribution is 6.19. The van der Waals surface area contributed by atoms with E-state index >= 15 is 0 Å². The third-order valence-electron chi connectivity index (χ3n) is 10.7. The molecule has 3 aromatic heterocycles. The van der Waals surface area contributed by atoms with Crippen LogP contribution in [0.25, 0.3) is 94.7 Å². The van der Waals surface area contributed by atoms with E-state index in [-0.39, 0.29) is 34.7 Å². The molecular formula is C48H32N4O. The molecule has 0 bridgehead atoms. The maximum atomic E-state index is 8.67. The van der Waals surface area contributed by atoms with Crippen molar-refractivity contribution >= 4 is 43.7 Å². The first kappa shape index (κ1) is 25.2. The van der Waals surface area contributed by atoms with E-state index in [9.17, 15) is 0 Å². The van der Waals surface area contributed by atoms with Gasteiger partial charge in [0.05, 0.1) is 29.0 Å². The molecule has 0 amide bonds. The number of nitrogens with zero attached hydrogens (tertiary/aromatic N) is 4. The average Bonchev–Trinajstić information content (AvgIpc) is 3.87. The van der Waals surface area contributed by atoms with Crippen LogP contribution in [0.3, 0.4) is 0 Å². The molecule has 0 saturated carbocycles. The highest BCUT2D eigenvalue weighted by Gasteiger charge is 2.37. The first-order chi connectivity index (χ1) is 28.1. The second kappa shape index (κ2) is 11.1. The Hall–Kier alpha value is -6.85. The van der Waals surface area contributed by atoms with Gasteiger partial charge in [0.1, 0.15) is 11.2 Å². The van der Waals surface area contributed by atoms with Crippen LogP contribution >= 0.6 is 0 Å². The summed E-state index contributed by atoms with van der Waals surface area (Å²) in [6.45, 7) is 4.62. The zero-order valence-corrected chi connectivity index (χ0v) is 28.8. The molecule has 5 heteroatoms. The van der Waals surface area contributed by atoms with Crippen molar-refractivity contribution < 1.29 is 11.3 Å². The van der Waals surface area contributed by atoms with Gasteiger partial charge in [-0.1, -0.05) is 135 Å². The Balaban J connectivity index is 1.13. The minimum Gasteiger partial charge on any atom is -0.456 e. The maximum absolute atomic E-state index is 8.67. The molecule has 0 radical (unpaired) electrons. The van der Waals surface area contributed by atoms with Gasteiger partial charge in [-0.2, -0.15) is 0 Å². The van der Waals surface area contributed by atoms with Crippen LogP contribution in [0.15, 0.2) is 162 Å². The van der Waals surface area contributed by atoms with Gasteiger partial charge in [0.25, 0.3) is 0 Å². The summed E-state index contributed by atoms with van der Waals surface area (Å²) in [7, 11) is 0. The molecule has 7 aromatic carbocycles. The Kier molecular flexibility index (Phi) is 5.26. The number of furan rings is 1. The summed E-state index contributed by atoms with van der Waals surface area (Å²) in [6.07, 6.45) is 0. The van der Waals surface area contributed by atoms with Crippen LogP contribution in [-0.4, -0.2) is 19.5 Å². The van der Waals surface area contributed by atoms with Crippen LogP contribution in [0.1, 0.15) is 31.8 Å². The van der Waals surface area contributed by atoms with Crippen molar-refractivity contribution in [1.29, 1.82) is 0 Å². The van der Waals surface area contributed by atoms with Crippen molar-refractivity contribution in [3.63, 3.8) is 0 Å². The molecule has 0 unspecified atom stereocenters. The minimum absolute atomic E-state index is 0.0169. The molecule has 0 N–H and O–H groups in total. The third kappa shape index (κ3) is 4.34. The van der Waals surface area contributed by atoms with Gasteiger partial charge in [0.15, 0.2) is 17.5 Å². The highest BCUT2D eigenvalue weighted by Crippen LogP contribution is 2.53. The number of para-hydroxylation sites is 1. The van der Waals surface area contributed by atoms with E-state index in [1.807, 2.05) is 60.7 Å². The lowest BCUT2D eigenvalue weighted by atomic mass is 9.82. The molecule has 10 aromatic rings. The van der Waals surface area contributed by atoms with Crippen molar-refractivity contribution in [2.24, 2.45) is 0 Å². The molecule has 0 saturated heterocycles. The Morgan fingerprint density at radius 1 is 0.547 bits per heavy atom. The molecule has 5 nitrogen and oxygen atoms in total. The molecule has 53 heavy (non-hydrogen) atoms. The van der Waals surface area contributed by atoms with Gasteiger partial charge < -0.3 is 8.98 Å². The maximum Gasteiger partial charge on any atom is 0.164 e. The predicted molar refractivity (Wildman–Crippen MR) is 215 cm³/mol. The third-order valence-corrected chi connectivity index (χ3v) is 10.7. The van der Waals surface area contributed by atoms with Crippen LogP contribution in [0.2, 0.25) is 0 Å². The van der Waals surface area contributed by atoms with Gasteiger partial charge in [-0.05, 0) is 58.7 Å². The first-order valence-corrected chi connectivity index (χ1v) is 17.6. The summed E-state index contributed by atoms with van der Waals surface area (Å²) < 4.78 is 51.1. The lowest BCUT2D eigenvalue weighted by Gasteiger charge is -2.21. The Labute approximate surface area is 312 Å². The zero-order chi connectivity index (χ0) is 39.6. The predicted octanol–water partition coefficient (Wildman–Crippen LogP) is 12.2. The Bertz CT molecular complexity index is 3360. The van der Waals surface area contributed by atoms with Crippen LogP contribution in [0.4, 0.5) is 0 Å². The van der Waals surface area contributed by atoms with Gasteiger partial charge in [0.2, 0.25) is 0 Å². The Morgan fingerprint density at radius 2 is 1.28 bits per heavy atom. The topological polar surface area (TPSA) is 56.7 Å². The fourth-order valence-corrected chi connectivity index (χ4v) is 8.34. The fourth-order valence-electron chi connectivity index (χ4n) is 8.34. The lowest BCUT2D eigenvalue weighted by Crippen LogP contribution is -2.14. The van der Waals surface area contributed by atoms with Crippen LogP contribution < -0.4 is 0 Å². The minimum atomic E-state index is -0.481. The summed E-state index contributed by atoms with van der Waals surface area (Å²) in [4.78, 5) is 14.2. The van der Waals surface area contributed by atoms with E-state index in [0.717, 1.165) is 33.1 Å². The molecule has 1 aliphatic rings. The van der Waals surface area contributed by atoms with Crippen molar-refractivity contribution in [3.8, 4) is 51.0 Å². The smallest absolute Gasteiger partial charge is 0.164 e. The summed E-state index contributed by atoms with van der Waals surface area (Å²) >= 11 is 0. The molecule has 250 valence electrons. The first-order valence-electron chi connectivity index (χ1n) is 20.1. The summed E-state index contributed by atoms with van der Waals surface area (Å²) in [6, 6.07) is 41.1.